The molecule has 18 heavy (non-hydrogen) atoms. The fourth-order valence-corrected chi connectivity index (χ4v) is 1.37. The first kappa shape index (κ1) is 14.4. The first-order valence-corrected chi connectivity index (χ1v) is 5.76. The number of amides is 1. The summed E-state index contributed by atoms with van der Waals surface area (Å²) >= 11 is 0. The first-order valence-electron chi connectivity index (χ1n) is 5.76. The summed E-state index contributed by atoms with van der Waals surface area (Å²) in [5.74, 6) is -0.142. The summed E-state index contributed by atoms with van der Waals surface area (Å²) in [4.78, 5) is 15.8. The molecule has 1 rings (SSSR count). The molecule has 0 aliphatic carbocycles. The molecule has 100 valence electrons. The second-order valence-electron chi connectivity index (χ2n) is 3.53. The maximum atomic E-state index is 11.9. The van der Waals surface area contributed by atoms with Crippen LogP contribution in [0.15, 0.2) is 18.5 Å². The van der Waals surface area contributed by atoms with E-state index in [2.05, 4.69) is 15.6 Å². The summed E-state index contributed by atoms with van der Waals surface area (Å²) in [7, 11) is 3.37. The molecule has 0 aromatic carbocycles. The molecule has 0 spiro atoms. The lowest BCUT2D eigenvalue weighted by molar-refractivity contribution is 0.0693. The van der Waals surface area contributed by atoms with Gasteiger partial charge in [0.25, 0.3) is 5.91 Å². The predicted molar refractivity (Wildman–Crippen MR) is 68.8 cm³/mol. The Labute approximate surface area is 107 Å². The molecule has 0 fully saturated rings. The van der Waals surface area contributed by atoms with Crippen molar-refractivity contribution in [1.29, 1.82) is 0 Å². The third-order valence-electron chi connectivity index (χ3n) is 2.30. The summed E-state index contributed by atoms with van der Waals surface area (Å²) in [6.45, 7) is 2.02. The van der Waals surface area contributed by atoms with Crippen LogP contribution < -0.4 is 10.6 Å². The summed E-state index contributed by atoms with van der Waals surface area (Å²) in [6, 6.07) is 1.67. The zero-order valence-corrected chi connectivity index (χ0v) is 10.7. The predicted octanol–water partition coefficient (Wildman–Crippen LogP) is 0.516. The molecule has 0 unspecified atom stereocenters. The van der Waals surface area contributed by atoms with Crippen molar-refractivity contribution in [1.82, 2.24) is 10.3 Å². The van der Waals surface area contributed by atoms with Gasteiger partial charge in [-0.3, -0.25) is 9.78 Å². The maximum Gasteiger partial charge on any atom is 0.253 e. The largest absolute Gasteiger partial charge is 0.386 e. The molecule has 0 saturated heterocycles. The number of nitrogens with zero attached hydrogens (tertiary/aromatic N) is 1. The molecule has 6 nitrogen and oxygen atoms in total. The smallest absolute Gasteiger partial charge is 0.253 e. The van der Waals surface area contributed by atoms with Crippen LogP contribution in [0.5, 0.6) is 0 Å². The highest BCUT2D eigenvalue weighted by Gasteiger charge is 2.09. The lowest BCUT2D eigenvalue weighted by Crippen LogP contribution is -2.28. The van der Waals surface area contributed by atoms with Gasteiger partial charge in [0, 0.05) is 26.9 Å². The van der Waals surface area contributed by atoms with E-state index in [1.54, 1.807) is 32.6 Å². The van der Waals surface area contributed by atoms with Crippen LogP contribution >= 0.6 is 0 Å². The Morgan fingerprint density at radius 2 is 2.22 bits per heavy atom. The van der Waals surface area contributed by atoms with E-state index < -0.39 is 0 Å². The monoisotopic (exact) mass is 253 g/mol. The first-order chi connectivity index (χ1) is 8.79. The topological polar surface area (TPSA) is 72.5 Å². The Bertz CT molecular complexity index is 371. The van der Waals surface area contributed by atoms with E-state index in [9.17, 15) is 4.79 Å². The van der Waals surface area contributed by atoms with E-state index >= 15 is 0 Å². The Balaban J connectivity index is 2.32. The number of methoxy groups -OCH3 is 1. The third kappa shape index (κ3) is 4.68. The van der Waals surface area contributed by atoms with Gasteiger partial charge in [-0.05, 0) is 6.07 Å². The summed E-state index contributed by atoms with van der Waals surface area (Å²) in [5, 5.41) is 5.70. The molecule has 1 aromatic rings. The van der Waals surface area contributed by atoms with E-state index in [1.807, 2.05) is 0 Å². The molecule has 0 bridgehead atoms. The Morgan fingerprint density at radius 1 is 1.39 bits per heavy atom. The number of hydrogen-bond acceptors (Lipinski definition) is 5. The van der Waals surface area contributed by atoms with E-state index in [4.69, 9.17) is 9.47 Å². The molecule has 0 aliphatic heterocycles. The number of ether oxygens (including phenoxy) is 2. The van der Waals surface area contributed by atoms with E-state index in [0.29, 0.717) is 37.6 Å². The van der Waals surface area contributed by atoms with Crippen molar-refractivity contribution in [2.75, 3.05) is 45.8 Å². The second kappa shape index (κ2) is 8.43. The molecule has 0 saturated carbocycles. The van der Waals surface area contributed by atoms with Gasteiger partial charge in [-0.25, -0.2) is 0 Å². The van der Waals surface area contributed by atoms with Gasteiger partial charge in [-0.2, -0.15) is 0 Å². The van der Waals surface area contributed by atoms with Crippen LogP contribution in [0, 0.1) is 0 Å². The SMILES string of the molecule is CNc1cnccc1C(=O)NCCOCCOC. The van der Waals surface area contributed by atoms with Gasteiger partial charge in [-0.15, -0.1) is 0 Å². The number of carbonyl (C=O) groups excluding carboxylic acids is 1. The number of nitrogens with one attached hydrogen (secondary N) is 2. The molecule has 1 amide bonds. The Hall–Kier alpha value is -1.66. The third-order valence-corrected chi connectivity index (χ3v) is 2.30. The number of hydrogen-bond donors (Lipinski definition) is 2. The highest BCUT2D eigenvalue weighted by atomic mass is 16.5. The van der Waals surface area contributed by atoms with Crippen molar-refractivity contribution in [2.24, 2.45) is 0 Å². The van der Waals surface area contributed by atoms with Crippen LogP contribution in [-0.2, 0) is 9.47 Å². The van der Waals surface area contributed by atoms with Gasteiger partial charge >= 0.3 is 0 Å². The van der Waals surface area contributed by atoms with Crippen LogP contribution in [0.1, 0.15) is 10.4 Å². The minimum atomic E-state index is -0.142. The molecule has 1 heterocycles. The summed E-state index contributed by atoms with van der Waals surface area (Å²) in [5.41, 5.74) is 1.28. The van der Waals surface area contributed by atoms with Crippen LogP contribution in [0.4, 0.5) is 5.69 Å². The van der Waals surface area contributed by atoms with Crippen molar-refractivity contribution in [3.8, 4) is 0 Å². The number of aromatic nitrogens is 1. The quantitative estimate of drug-likeness (QED) is 0.661. The van der Waals surface area contributed by atoms with Gasteiger partial charge < -0.3 is 20.1 Å². The lowest BCUT2D eigenvalue weighted by Gasteiger charge is -2.09. The molecular formula is C12H19N3O3. The van der Waals surface area contributed by atoms with Gasteiger partial charge in [0.2, 0.25) is 0 Å². The van der Waals surface area contributed by atoms with Crippen molar-refractivity contribution in [2.45, 2.75) is 0 Å². The second-order valence-corrected chi connectivity index (χ2v) is 3.53. The zero-order valence-electron chi connectivity index (χ0n) is 10.7. The van der Waals surface area contributed by atoms with E-state index in [-0.39, 0.29) is 5.91 Å². The van der Waals surface area contributed by atoms with Crippen molar-refractivity contribution >= 4 is 11.6 Å². The number of anilines is 1. The van der Waals surface area contributed by atoms with Crippen molar-refractivity contribution in [3.05, 3.63) is 24.0 Å². The van der Waals surface area contributed by atoms with Gasteiger partial charge in [-0.1, -0.05) is 0 Å². The van der Waals surface area contributed by atoms with Gasteiger partial charge in [0.1, 0.15) is 0 Å². The Kier molecular flexibility index (Phi) is 6.75. The molecule has 1 aromatic heterocycles. The standard InChI is InChI=1S/C12H19N3O3/c1-13-11-9-14-4-3-10(11)12(16)15-5-6-18-8-7-17-2/h3-4,9,13H,5-8H2,1-2H3,(H,15,16). The zero-order chi connectivity index (χ0) is 13.2. The normalized spacial score (nSPS) is 10.1. The number of rotatable bonds is 8. The average molecular weight is 253 g/mol. The van der Waals surface area contributed by atoms with Crippen molar-refractivity contribution < 1.29 is 14.3 Å². The van der Waals surface area contributed by atoms with E-state index in [0.717, 1.165) is 0 Å². The highest BCUT2D eigenvalue weighted by Crippen LogP contribution is 2.11. The minimum absolute atomic E-state index is 0.142. The number of pyridine rings is 1. The lowest BCUT2D eigenvalue weighted by atomic mass is 10.2. The van der Waals surface area contributed by atoms with Crippen LogP contribution in [-0.4, -0.2) is 51.4 Å². The molecule has 0 aliphatic rings. The van der Waals surface area contributed by atoms with Gasteiger partial charge in [0.05, 0.1) is 37.3 Å². The van der Waals surface area contributed by atoms with Crippen LogP contribution in [0.2, 0.25) is 0 Å². The van der Waals surface area contributed by atoms with Crippen LogP contribution in [0.3, 0.4) is 0 Å². The Morgan fingerprint density at radius 3 is 2.94 bits per heavy atom. The fraction of sp³-hybridized carbons (Fsp3) is 0.500. The highest BCUT2D eigenvalue weighted by molar-refractivity contribution is 5.99. The van der Waals surface area contributed by atoms with Gasteiger partial charge in [0.15, 0.2) is 0 Å². The van der Waals surface area contributed by atoms with Crippen molar-refractivity contribution in [3.63, 3.8) is 0 Å². The molecule has 6 heteroatoms. The number of carbonyl (C=O) groups is 1. The average Bonchev–Trinajstić information content (AvgIpc) is 2.42. The molecule has 2 N–H and O–H groups in total. The summed E-state index contributed by atoms with van der Waals surface area (Å²) in [6.07, 6.45) is 3.20. The molecule has 0 atom stereocenters. The molecule has 0 radical (unpaired) electrons. The van der Waals surface area contributed by atoms with E-state index in [1.165, 1.54) is 0 Å². The van der Waals surface area contributed by atoms with Crippen LogP contribution in [0.25, 0.3) is 0 Å². The maximum absolute atomic E-state index is 11.9. The summed E-state index contributed by atoms with van der Waals surface area (Å²) < 4.78 is 10.1. The fourth-order valence-electron chi connectivity index (χ4n) is 1.37. The molecular weight excluding hydrogens is 234 g/mol. The minimum Gasteiger partial charge on any atom is -0.386 e.